The highest BCUT2D eigenvalue weighted by Gasteiger charge is 2.26. The van der Waals surface area contributed by atoms with Gasteiger partial charge in [0.2, 0.25) is 11.8 Å². The number of ether oxygens (including phenoxy) is 2. The Balaban J connectivity index is 1.38. The number of carbonyl (C=O) groups excluding carboxylic acids is 1. The lowest BCUT2D eigenvalue weighted by Gasteiger charge is -2.24. The van der Waals surface area contributed by atoms with Crippen molar-refractivity contribution in [1.29, 1.82) is 0 Å². The summed E-state index contributed by atoms with van der Waals surface area (Å²) in [5, 5.41) is 8.58. The number of para-hydroxylation sites is 2. The lowest BCUT2D eigenvalue weighted by atomic mass is 10.0. The first-order chi connectivity index (χ1) is 16.7. The monoisotopic (exact) mass is 473 g/mol. The van der Waals surface area contributed by atoms with Gasteiger partial charge in [-0.15, -0.1) is 10.2 Å². The van der Waals surface area contributed by atoms with Crippen LogP contribution in [0.3, 0.4) is 0 Å². The summed E-state index contributed by atoms with van der Waals surface area (Å²) in [6.07, 6.45) is 1.78. The third kappa shape index (κ3) is 4.36. The van der Waals surface area contributed by atoms with Gasteiger partial charge in [0.1, 0.15) is 11.5 Å². The summed E-state index contributed by atoms with van der Waals surface area (Å²) in [5.74, 6) is 1.68. The number of aromatic nitrogens is 2. The molecule has 0 atom stereocenters. The van der Waals surface area contributed by atoms with E-state index in [0.717, 1.165) is 35.3 Å². The number of nitrogens with zero attached hydrogens (tertiary/aromatic N) is 3. The Morgan fingerprint density at radius 1 is 0.912 bits per heavy atom. The lowest BCUT2D eigenvalue weighted by Crippen LogP contribution is -2.28. The number of methoxy groups -OCH3 is 2. The average Bonchev–Trinajstić information content (AvgIpc) is 3.29. The van der Waals surface area contributed by atoms with Crippen LogP contribution in [0.5, 0.6) is 11.5 Å². The van der Waals surface area contributed by atoms with Crippen LogP contribution >= 0.6 is 11.8 Å². The van der Waals surface area contributed by atoms with Gasteiger partial charge in [0, 0.05) is 11.6 Å². The van der Waals surface area contributed by atoms with Gasteiger partial charge in [-0.3, -0.25) is 9.69 Å². The molecular weight excluding hydrogens is 450 g/mol. The third-order valence-corrected chi connectivity index (χ3v) is 6.51. The summed E-state index contributed by atoms with van der Waals surface area (Å²) in [6, 6.07) is 21.5. The molecule has 3 aromatic carbocycles. The van der Waals surface area contributed by atoms with Crippen molar-refractivity contribution in [2.75, 3.05) is 24.9 Å². The van der Waals surface area contributed by atoms with Gasteiger partial charge in [-0.05, 0) is 48.2 Å². The van der Waals surface area contributed by atoms with Crippen molar-refractivity contribution < 1.29 is 18.7 Å². The molecule has 0 aliphatic carbocycles. The number of hydrogen-bond donors (Lipinski definition) is 0. The first kappa shape index (κ1) is 22.0. The van der Waals surface area contributed by atoms with Gasteiger partial charge in [0.25, 0.3) is 5.22 Å². The third-order valence-electron chi connectivity index (χ3n) is 5.70. The van der Waals surface area contributed by atoms with Gasteiger partial charge in [-0.25, -0.2) is 0 Å². The zero-order valence-corrected chi connectivity index (χ0v) is 19.7. The molecule has 0 spiro atoms. The predicted molar refractivity (Wildman–Crippen MR) is 131 cm³/mol. The normalized spacial score (nSPS) is 12.5. The number of hydrogen-bond acceptors (Lipinski definition) is 7. The van der Waals surface area contributed by atoms with E-state index in [1.165, 1.54) is 11.8 Å². The fourth-order valence-corrected chi connectivity index (χ4v) is 4.66. The SMILES string of the molecule is COc1cc(OC)cc(-c2nnc(SCC(=O)N3c4ccccc4CCc4ccccc43)o2)c1. The van der Waals surface area contributed by atoms with Crippen LogP contribution in [0.4, 0.5) is 11.4 Å². The number of thioether (sulfide) groups is 1. The Labute approximate surface area is 201 Å². The summed E-state index contributed by atoms with van der Waals surface area (Å²) < 4.78 is 16.5. The van der Waals surface area contributed by atoms with Crippen LogP contribution in [0, 0.1) is 0 Å². The first-order valence-electron chi connectivity index (χ1n) is 10.8. The Kier molecular flexibility index (Phi) is 6.22. The summed E-state index contributed by atoms with van der Waals surface area (Å²) >= 11 is 1.22. The number of anilines is 2. The number of fused-ring (bicyclic) bond motifs is 2. The molecule has 1 aliphatic rings. The van der Waals surface area contributed by atoms with E-state index in [4.69, 9.17) is 13.9 Å². The molecule has 1 aliphatic heterocycles. The molecule has 8 heteroatoms. The van der Waals surface area contributed by atoms with Crippen molar-refractivity contribution in [1.82, 2.24) is 10.2 Å². The molecule has 2 heterocycles. The van der Waals surface area contributed by atoms with Crippen molar-refractivity contribution in [3.05, 3.63) is 77.9 Å². The molecule has 4 aromatic rings. The van der Waals surface area contributed by atoms with E-state index in [0.29, 0.717) is 28.2 Å². The van der Waals surface area contributed by atoms with Crippen LogP contribution in [-0.4, -0.2) is 36.1 Å². The highest BCUT2D eigenvalue weighted by Crippen LogP contribution is 2.37. The summed E-state index contributed by atoms with van der Waals surface area (Å²) in [6.45, 7) is 0. The molecule has 0 radical (unpaired) electrons. The summed E-state index contributed by atoms with van der Waals surface area (Å²) in [5.41, 5.74) is 4.84. The maximum atomic E-state index is 13.5. The van der Waals surface area contributed by atoms with Crippen LogP contribution in [0.1, 0.15) is 11.1 Å². The molecule has 0 N–H and O–H groups in total. The average molecular weight is 474 g/mol. The standard InChI is InChI=1S/C26H23N3O4S/c1-31-20-13-19(14-21(15-20)32-2)25-27-28-26(33-25)34-16-24(30)29-22-9-5-3-7-17(22)11-12-18-8-4-6-10-23(18)29/h3-10,13-15H,11-12,16H2,1-2H3. The zero-order valence-electron chi connectivity index (χ0n) is 18.9. The van der Waals surface area contributed by atoms with Crippen molar-refractivity contribution >= 4 is 29.0 Å². The maximum Gasteiger partial charge on any atom is 0.277 e. The summed E-state index contributed by atoms with van der Waals surface area (Å²) in [7, 11) is 3.16. The van der Waals surface area contributed by atoms with Crippen LogP contribution in [0.2, 0.25) is 0 Å². The maximum absolute atomic E-state index is 13.5. The number of aryl methyl sites for hydroxylation is 2. The highest BCUT2D eigenvalue weighted by molar-refractivity contribution is 7.99. The molecule has 7 nitrogen and oxygen atoms in total. The quantitative estimate of drug-likeness (QED) is 0.351. The van der Waals surface area contributed by atoms with Crippen molar-refractivity contribution in [2.24, 2.45) is 0 Å². The fourth-order valence-electron chi connectivity index (χ4n) is 4.05. The van der Waals surface area contributed by atoms with Crippen LogP contribution in [0.15, 0.2) is 76.4 Å². The van der Waals surface area contributed by atoms with Gasteiger partial charge < -0.3 is 13.9 Å². The molecule has 1 aromatic heterocycles. The fraction of sp³-hybridized carbons (Fsp3) is 0.192. The second kappa shape index (κ2) is 9.61. The minimum Gasteiger partial charge on any atom is -0.497 e. The molecule has 34 heavy (non-hydrogen) atoms. The second-order valence-corrected chi connectivity index (χ2v) is 8.68. The molecule has 0 saturated carbocycles. The Morgan fingerprint density at radius 3 is 2.09 bits per heavy atom. The molecule has 172 valence electrons. The molecule has 1 amide bonds. The predicted octanol–water partition coefficient (Wildman–Crippen LogP) is 5.31. The van der Waals surface area contributed by atoms with E-state index < -0.39 is 0 Å². The van der Waals surface area contributed by atoms with Gasteiger partial charge in [0.05, 0.1) is 31.3 Å². The number of amides is 1. The molecule has 5 rings (SSSR count). The number of rotatable bonds is 6. The van der Waals surface area contributed by atoms with E-state index >= 15 is 0 Å². The Bertz CT molecular complexity index is 1270. The molecular formula is C26H23N3O4S. The molecule has 0 bridgehead atoms. The Hall–Kier alpha value is -3.78. The summed E-state index contributed by atoms with van der Waals surface area (Å²) in [4.78, 5) is 15.3. The largest absolute Gasteiger partial charge is 0.497 e. The smallest absolute Gasteiger partial charge is 0.277 e. The minimum absolute atomic E-state index is 0.0467. The minimum atomic E-state index is -0.0467. The molecule has 0 unspecified atom stereocenters. The van der Waals surface area contributed by atoms with Gasteiger partial charge in [-0.2, -0.15) is 0 Å². The van der Waals surface area contributed by atoms with E-state index in [1.54, 1.807) is 32.4 Å². The Morgan fingerprint density at radius 2 is 1.50 bits per heavy atom. The van der Waals surface area contributed by atoms with Crippen LogP contribution in [-0.2, 0) is 17.6 Å². The van der Waals surface area contributed by atoms with E-state index in [-0.39, 0.29) is 11.7 Å². The topological polar surface area (TPSA) is 77.7 Å². The molecule has 0 fully saturated rings. The van der Waals surface area contributed by atoms with E-state index in [2.05, 4.69) is 22.3 Å². The molecule has 0 saturated heterocycles. The van der Waals surface area contributed by atoms with Gasteiger partial charge >= 0.3 is 0 Å². The van der Waals surface area contributed by atoms with Crippen LogP contribution < -0.4 is 14.4 Å². The van der Waals surface area contributed by atoms with E-state index in [9.17, 15) is 4.79 Å². The van der Waals surface area contributed by atoms with Crippen LogP contribution in [0.25, 0.3) is 11.5 Å². The first-order valence-corrected chi connectivity index (χ1v) is 11.8. The number of benzene rings is 3. The van der Waals surface area contributed by atoms with Gasteiger partial charge in [0.15, 0.2) is 0 Å². The van der Waals surface area contributed by atoms with Crippen molar-refractivity contribution in [3.63, 3.8) is 0 Å². The van der Waals surface area contributed by atoms with E-state index in [1.807, 2.05) is 41.3 Å². The van der Waals surface area contributed by atoms with Crippen molar-refractivity contribution in [2.45, 2.75) is 18.1 Å². The number of carbonyl (C=O) groups is 1. The second-order valence-electron chi connectivity index (χ2n) is 7.75. The van der Waals surface area contributed by atoms with Crippen molar-refractivity contribution in [3.8, 4) is 23.0 Å². The highest BCUT2D eigenvalue weighted by atomic mass is 32.2. The van der Waals surface area contributed by atoms with Gasteiger partial charge in [-0.1, -0.05) is 48.2 Å². The zero-order chi connectivity index (χ0) is 23.5. The lowest BCUT2D eigenvalue weighted by molar-refractivity contribution is -0.115.